The third-order valence-electron chi connectivity index (χ3n) is 4.15. The molecule has 0 radical (unpaired) electrons. The fraction of sp³-hybridized carbons (Fsp3) is 0.857. The van der Waals surface area contributed by atoms with Gasteiger partial charge in [-0.1, -0.05) is 0 Å². The van der Waals surface area contributed by atoms with Gasteiger partial charge in [0.25, 0.3) is 0 Å². The number of nitrogens with zero attached hydrogens (tertiary/aromatic N) is 2. The van der Waals surface area contributed by atoms with Crippen molar-refractivity contribution < 1.29 is 14.3 Å². The highest BCUT2D eigenvalue weighted by atomic mass is 16.5. The van der Waals surface area contributed by atoms with Gasteiger partial charge in [-0.3, -0.25) is 9.59 Å². The number of hydrogen-bond donors (Lipinski definition) is 0. The number of hydrogen-bond acceptors (Lipinski definition) is 3. The van der Waals surface area contributed by atoms with Crippen LogP contribution in [-0.4, -0.2) is 60.0 Å². The molecule has 108 valence electrons. The normalized spacial score (nSPS) is 25.3. The van der Waals surface area contributed by atoms with Crippen molar-refractivity contribution in [2.45, 2.75) is 51.1 Å². The van der Waals surface area contributed by atoms with Gasteiger partial charge in [-0.15, -0.1) is 0 Å². The summed E-state index contributed by atoms with van der Waals surface area (Å²) >= 11 is 0. The fourth-order valence-electron chi connectivity index (χ4n) is 3.16. The molecular formula is C14H24N2O3. The summed E-state index contributed by atoms with van der Waals surface area (Å²) in [5, 5.41) is 0. The van der Waals surface area contributed by atoms with Gasteiger partial charge in [0.05, 0.1) is 12.1 Å². The van der Waals surface area contributed by atoms with Crippen LogP contribution in [0.3, 0.4) is 0 Å². The van der Waals surface area contributed by atoms with Crippen molar-refractivity contribution in [2.24, 2.45) is 0 Å². The molecule has 0 aliphatic carbocycles. The molecule has 2 saturated heterocycles. The molecule has 0 aromatic rings. The van der Waals surface area contributed by atoms with E-state index in [-0.39, 0.29) is 23.4 Å². The molecule has 1 unspecified atom stereocenters. The number of piperidine rings is 1. The molecule has 0 N–H and O–H groups in total. The number of carbonyl (C=O) groups excluding carboxylic acids is 2. The first-order valence-corrected chi connectivity index (χ1v) is 7.07. The maximum atomic E-state index is 12.7. The molecule has 2 aliphatic heterocycles. The van der Waals surface area contributed by atoms with E-state index in [1.807, 2.05) is 18.7 Å². The van der Waals surface area contributed by atoms with Gasteiger partial charge in [-0.2, -0.15) is 0 Å². The number of fused-ring (bicyclic) bond motifs is 1. The highest BCUT2D eigenvalue weighted by Gasteiger charge is 2.42. The molecule has 5 heteroatoms. The number of amides is 2. The predicted octanol–water partition coefficient (Wildman–Crippen LogP) is 1.02. The summed E-state index contributed by atoms with van der Waals surface area (Å²) in [5.74, 6) is 0.210. The first kappa shape index (κ1) is 14.3. The van der Waals surface area contributed by atoms with E-state index in [0.29, 0.717) is 19.6 Å². The van der Waals surface area contributed by atoms with E-state index in [2.05, 4.69) is 0 Å². The Morgan fingerprint density at radius 2 is 2.00 bits per heavy atom. The molecule has 2 heterocycles. The van der Waals surface area contributed by atoms with Crippen LogP contribution < -0.4 is 0 Å². The number of ether oxygens (including phenoxy) is 1. The SMILES string of the molecule is COCC(C)(C)N1CCC(=O)N2CCCCC2C1=O. The smallest absolute Gasteiger partial charge is 0.245 e. The monoisotopic (exact) mass is 268 g/mol. The van der Waals surface area contributed by atoms with Crippen LogP contribution in [0.2, 0.25) is 0 Å². The second-order valence-corrected chi connectivity index (χ2v) is 6.08. The van der Waals surface area contributed by atoms with E-state index in [1.165, 1.54) is 0 Å². The van der Waals surface area contributed by atoms with Gasteiger partial charge >= 0.3 is 0 Å². The van der Waals surface area contributed by atoms with Crippen molar-refractivity contribution in [3.05, 3.63) is 0 Å². The molecule has 2 fully saturated rings. The zero-order valence-electron chi connectivity index (χ0n) is 12.1. The largest absolute Gasteiger partial charge is 0.382 e. The van der Waals surface area contributed by atoms with Crippen LogP contribution in [0, 0.1) is 0 Å². The van der Waals surface area contributed by atoms with E-state index in [9.17, 15) is 9.59 Å². The van der Waals surface area contributed by atoms with Gasteiger partial charge in [0.1, 0.15) is 6.04 Å². The third-order valence-corrected chi connectivity index (χ3v) is 4.15. The van der Waals surface area contributed by atoms with Crippen LogP contribution >= 0.6 is 0 Å². The molecule has 2 aliphatic rings. The van der Waals surface area contributed by atoms with Crippen LogP contribution in [0.5, 0.6) is 0 Å². The lowest BCUT2D eigenvalue weighted by atomic mass is 9.98. The van der Waals surface area contributed by atoms with E-state index < -0.39 is 0 Å². The summed E-state index contributed by atoms with van der Waals surface area (Å²) in [4.78, 5) is 28.5. The quantitative estimate of drug-likeness (QED) is 0.768. The molecule has 0 saturated carbocycles. The third kappa shape index (κ3) is 2.76. The van der Waals surface area contributed by atoms with Crippen molar-refractivity contribution in [1.29, 1.82) is 0 Å². The maximum absolute atomic E-state index is 12.7. The molecule has 2 rings (SSSR count). The van der Waals surface area contributed by atoms with Gasteiger partial charge in [-0.25, -0.2) is 0 Å². The van der Waals surface area contributed by atoms with Crippen molar-refractivity contribution in [3.63, 3.8) is 0 Å². The van der Waals surface area contributed by atoms with E-state index in [0.717, 1.165) is 25.8 Å². The lowest BCUT2D eigenvalue weighted by molar-refractivity contribution is -0.147. The first-order valence-electron chi connectivity index (χ1n) is 7.07. The second-order valence-electron chi connectivity index (χ2n) is 6.08. The topological polar surface area (TPSA) is 49.9 Å². The lowest BCUT2D eigenvalue weighted by Crippen LogP contribution is -2.56. The zero-order valence-corrected chi connectivity index (χ0v) is 12.1. The maximum Gasteiger partial charge on any atom is 0.245 e. The average molecular weight is 268 g/mol. The van der Waals surface area contributed by atoms with Gasteiger partial charge < -0.3 is 14.5 Å². The Morgan fingerprint density at radius 1 is 1.26 bits per heavy atom. The molecule has 0 spiro atoms. The Labute approximate surface area is 114 Å². The van der Waals surface area contributed by atoms with E-state index in [4.69, 9.17) is 4.74 Å². The van der Waals surface area contributed by atoms with Crippen LogP contribution in [0.25, 0.3) is 0 Å². The molecule has 0 aromatic carbocycles. The summed E-state index contributed by atoms with van der Waals surface area (Å²) in [6.45, 7) is 5.71. The number of carbonyl (C=O) groups is 2. The van der Waals surface area contributed by atoms with Crippen LogP contribution in [0.4, 0.5) is 0 Å². The minimum atomic E-state index is -0.362. The standard InChI is InChI=1S/C14H24N2O3/c1-14(2,10-19-3)16-9-7-12(17)15-8-5-4-6-11(15)13(16)18/h11H,4-10H2,1-3H3. The van der Waals surface area contributed by atoms with Crippen molar-refractivity contribution >= 4 is 11.8 Å². The Hall–Kier alpha value is -1.10. The molecular weight excluding hydrogens is 244 g/mol. The fourth-order valence-corrected chi connectivity index (χ4v) is 3.16. The van der Waals surface area contributed by atoms with Gasteiger partial charge in [-0.05, 0) is 33.1 Å². The highest BCUT2D eigenvalue weighted by Crippen LogP contribution is 2.27. The van der Waals surface area contributed by atoms with Crippen molar-refractivity contribution in [1.82, 2.24) is 9.80 Å². The number of rotatable bonds is 3. The van der Waals surface area contributed by atoms with Crippen LogP contribution in [0.1, 0.15) is 39.5 Å². The molecule has 0 bridgehead atoms. The highest BCUT2D eigenvalue weighted by molar-refractivity contribution is 5.90. The van der Waals surface area contributed by atoms with Crippen LogP contribution in [0.15, 0.2) is 0 Å². The average Bonchev–Trinajstić information content (AvgIpc) is 2.49. The Morgan fingerprint density at radius 3 is 2.68 bits per heavy atom. The predicted molar refractivity (Wildman–Crippen MR) is 71.6 cm³/mol. The molecule has 0 aromatic heterocycles. The molecule has 5 nitrogen and oxygen atoms in total. The minimum Gasteiger partial charge on any atom is -0.382 e. The van der Waals surface area contributed by atoms with E-state index in [1.54, 1.807) is 12.0 Å². The van der Waals surface area contributed by atoms with Gasteiger partial charge in [0.2, 0.25) is 11.8 Å². The Balaban J connectivity index is 2.23. The molecule has 1 atom stereocenters. The molecule has 19 heavy (non-hydrogen) atoms. The summed E-state index contributed by atoms with van der Waals surface area (Å²) < 4.78 is 5.22. The Bertz CT molecular complexity index is 368. The zero-order chi connectivity index (χ0) is 14.0. The van der Waals surface area contributed by atoms with Crippen molar-refractivity contribution in [2.75, 3.05) is 26.8 Å². The lowest BCUT2D eigenvalue weighted by Gasteiger charge is -2.40. The summed E-state index contributed by atoms with van der Waals surface area (Å²) in [7, 11) is 1.64. The number of methoxy groups -OCH3 is 1. The van der Waals surface area contributed by atoms with Gasteiger partial charge in [0, 0.05) is 26.6 Å². The van der Waals surface area contributed by atoms with E-state index >= 15 is 0 Å². The second kappa shape index (κ2) is 5.49. The summed E-state index contributed by atoms with van der Waals surface area (Å²) in [6, 6.07) is -0.250. The van der Waals surface area contributed by atoms with Gasteiger partial charge in [0.15, 0.2) is 0 Å². The minimum absolute atomic E-state index is 0.0904. The first-order chi connectivity index (χ1) is 8.97. The summed E-state index contributed by atoms with van der Waals surface area (Å²) in [5.41, 5.74) is -0.362. The van der Waals surface area contributed by atoms with Crippen LogP contribution in [-0.2, 0) is 14.3 Å². The molecule has 2 amide bonds. The Kier molecular flexibility index (Phi) is 4.13. The summed E-state index contributed by atoms with van der Waals surface area (Å²) in [6.07, 6.45) is 3.26. The van der Waals surface area contributed by atoms with Crippen molar-refractivity contribution in [3.8, 4) is 0 Å².